The zero-order valence-electron chi connectivity index (χ0n) is 10.8. The first-order valence-corrected chi connectivity index (χ1v) is 6.44. The van der Waals surface area contributed by atoms with Crippen LogP contribution in [0.15, 0.2) is 6.20 Å². The zero-order valence-corrected chi connectivity index (χ0v) is 10.8. The van der Waals surface area contributed by atoms with Gasteiger partial charge >= 0.3 is 0 Å². The number of rotatable bonds is 4. The molecule has 1 saturated heterocycles. The monoisotopic (exact) mass is 237 g/mol. The number of nitrogens with one attached hydrogen (secondary N) is 1. The second kappa shape index (κ2) is 5.40. The van der Waals surface area contributed by atoms with Gasteiger partial charge in [0.05, 0.1) is 5.69 Å². The van der Waals surface area contributed by atoms with E-state index in [1.54, 1.807) is 4.68 Å². The van der Waals surface area contributed by atoms with Crippen LogP contribution in [-0.4, -0.2) is 40.9 Å². The molecule has 1 aliphatic rings. The van der Waals surface area contributed by atoms with E-state index in [0.717, 1.165) is 24.0 Å². The Hall–Kier alpha value is -1.23. The van der Waals surface area contributed by atoms with Crippen molar-refractivity contribution in [3.63, 3.8) is 0 Å². The van der Waals surface area contributed by atoms with E-state index in [-0.39, 0.29) is 0 Å². The Labute approximate surface area is 103 Å². The Morgan fingerprint density at radius 2 is 2.18 bits per heavy atom. The summed E-state index contributed by atoms with van der Waals surface area (Å²) >= 11 is 0. The summed E-state index contributed by atoms with van der Waals surface area (Å²) in [5.41, 5.74) is 6.58. The molecule has 1 aromatic heterocycles. The quantitative estimate of drug-likeness (QED) is 0.824. The van der Waals surface area contributed by atoms with Crippen LogP contribution in [0.4, 0.5) is 11.5 Å². The average molecular weight is 237 g/mol. The Kier molecular flexibility index (Phi) is 3.89. The highest BCUT2D eigenvalue weighted by atomic mass is 15.3. The zero-order chi connectivity index (χ0) is 12.3. The van der Waals surface area contributed by atoms with Crippen LogP contribution in [0, 0.1) is 5.92 Å². The van der Waals surface area contributed by atoms with Crippen molar-refractivity contribution < 1.29 is 0 Å². The minimum absolute atomic E-state index is 0.735. The third-order valence-corrected chi connectivity index (χ3v) is 3.57. The molecule has 0 bridgehead atoms. The van der Waals surface area contributed by atoms with Gasteiger partial charge in [-0.15, -0.1) is 0 Å². The average Bonchev–Trinajstić information content (AvgIpc) is 2.66. The standard InChI is InChI=1S/C12H23N5/c1-3-17-6-4-10(5-7-17)8-14-12-11(13)9-16(2)15-12/h9-10H,3-8,13H2,1-2H3,(H,14,15). The van der Waals surface area contributed by atoms with E-state index >= 15 is 0 Å². The molecule has 5 heteroatoms. The predicted molar refractivity (Wildman–Crippen MR) is 70.9 cm³/mol. The van der Waals surface area contributed by atoms with Gasteiger partial charge in [0, 0.05) is 19.8 Å². The largest absolute Gasteiger partial charge is 0.394 e. The van der Waals surface area contributed by atoms with Gasteiger partial charge in [0.15, 0.2) is 5.82 Å². The van der Waals surface area contributed by atoms with Crippen LogP contribution < -0.4 is 11.1 Å². The summed E-state index contributed by atoms with van der Waals surface area (Å²) < 4.78 is 1.75. The van der Waals surface area contributed by atoms with Crippen LogP contribution in [0.2, 0.25) is 0 Å². The van der Waals surface area contributed by atoms with Crippen molar-refractivity contribution in [3.05, 3.63) is 6.20 Å². The van der Waals surface area contributed by atoms with Gasteiger partial charge in [-0.1, -0.05) is 6.92 Å². The van der Waals surface area contributed by atoms with E-state index in [0.29, 0.717) is 0 Å². The molecule has 1 fully saturated rings. The van der Waals surface area contributed by atoms with Crippen LogP contribution in [0.3, 0.4) is 0 Å². The summed E-state index contributed by atoms with van der Waals surface area (Å²) in [5, 5.41) is 7.66. The van der Waals surface area contributed by atoms with E-state index in [1.807, 2.05) is 13.2 Å². The molecule has 2 heterocycles. The molecule has 0 amide bonds. The fourth-order valence-electron chi connectivity index (χ4n) is 2.39. The summed E-state index contributed by atoms with van der Waals surface area (Å²) in [5.74, 6) is 1.57. The highest BCUT2D eigenvalue weighted by molar-refractivity contribution is 5.59. The third-order valence-electron chi connectivity index (χ3n) is 3.57. The van der Waals surface area contributed by atoms with Crippen LogP contribution >= 0.6 is 0 Å². The first-order chi connectivity index (χ1) is 8.19. The fraction of sp³-hybridized carbons (Fsp3) is 0.750. The Balaban J connectivity index is 1.77. The lowest BCUT2D eigenvalue weighted by atomic mass is 9.97. The van der Waals surface area contributed by atoms with E-state index in [1.165, 1.54) is 32.5 Å². The normalized spacial score (nSPS) is 18.5. The summed E-state index contributed by atoms with van der Waals surface area (Å²) in [6.07, 6.45) is 4.38. The van der Waals surface area contributed by atoms with Crippen LogP contribution in [0.25, 0.3) is 0 Å². The number of nitrogen functional groups attached to an aromatic ring is 1. The molecule has 17 heavy (non-hydrogen) atoms. The number of anilines is 2. The molecule has 0 aromatic carbocycles. The molecular weight excluding hydrogens is 214 g/mol. The molecule has 1 aromatic rings. The lowest BCUT2D eigenvalue weighted by Crippen LogP contribution is -2.35. The molecule has 0 saturated carbocycles. The second-order valence-electron chi connectivity index (χ2n) is 4.87. The fourth-order valence-corrected chi connectivity index (χ4v) is 2.39. The maximum atomic E-state index is 5.85. The SMILES string of the molecule is CCN1CCC(CNc2nn(C)cc2N)CC1. The number of hydrogen-bond acceptors (Lipinski definition) is 4. The van der Waals surface area contributed by atoms with E-state index in [4.69, 9.17) is 5.73 Å². The number of aromatic nitrogens is 2. The number of nitrogens with two attached hydrogens (primary N) is 1. The van der Waals surface area contributed by atoms with E-state index in [2.05, 4.69) is 22.2 Å². The lowest BCUT2D eigenvalue weighted by molar-refractivity contribution is 0.198. The molecule has 0 unspecified atom stereocenters. The highest BCUT2D eigenvalue weighted by Gasteiger charge is 2.18. The summed E-state index contributed by atoms with van der Waals surface area (Å²) in [4.78, 5) is 2.51. The highest BCUT2D eigenvalue weighted by Crippen LogP contribution is 2.19. The molecular formula is C12H23N5. The minimum Gasteiger partial charge on any atom is -0.394 e. The van der Waals surface area contributed by atoms with Gasteiger partial charge in [0.1, 0.15) is 0 Å². The van der Waals surface area contributed by atoms with Crippen molar-refractivity contribution in [2.45, 2.75) is 19.8 Å². The Bertz CT molecular complexity index is 352. The second-order valence-corrected chi connectivity index (χ2v) is 4.87. The number of hydrogen-bond donors (Lipinski definition) is 2. The summed E-state index contributed by atoms with van der Waals surface area (Å²) in [6.45, 7) is 6.83. The third kappa shape index (κ3) is 3.12. The molecule has 2 rings (SSSR count). The molecule has 96 valence electrons. The maximum Gasteiger partial charge on any atom is 0.171 e. The molecule has 0 aliphatic carbocycles. The molecule has 0 atom stereocenters. The maximum absolute atomic E-state index is 5.85. The van der Waals surface area contributed by atoms with Crippen molar-refractivity contribution >= 4 is 11.5 Å². The Morgan fingerprint density at radius 1 is 1.47 bits per heavy atom. The number of aryl methyl sites for hydroxylation is 1. The molecule has 0 radical (unpaired) electrons. The van der Waals surface area contributed by atoms with Gasteiger partial charge in [-0.25, -0.2) is 0 Å². The first-order valence-electron chi connectivity index (χ1n) is 6.44. The molecule has 5 nitrogen and oxygen atoms in total. The van der Waals surface area contributed by atoms with Gasteiger partial charge in [0.25, 0.3) is 0 Å². The smallest absolute Gasteiger partial charge is 0.171 e. The molecule has 3 N–H and O–H groups in total. The van der Waals surface area contributed by atoms with Gasteiger partial charge < -0.3 is 16.0 Å². The van der Waals surface area contributed by atoms with Crippen LogP contribution in [-0.2, 0) is 7.05 Å². The topological polar surface area (TPSA) is 59.1 Å². The van der Waals surface area contributed by atoms with Gasteiger partial charge in [-0.3, -0.25) is 4.68 Å². The predicted octanol–water partition coefficient (Wildman–Crippen LogP) is 1.15. The number of nitrogens with zero attached hydrogens (tertiary/aromatic N) is 3. The van der Waals surface area contributed by atoms with Gasteiger partial charge in [-0.2, -0.15) is 5.10 Å². The summed E-state index contributed by atoms with van der Waals surface area (Å²) in [7, 11) is 1.89. The van der Waals surface area contributed by atoms with Gasteiger partial charge in [-0.05, 0) is 38.4 Å². The van der Waals surface area contributed by atoms with E-state index in [9.17, 15) is 0 Å². The number of likely N-dealkylation sites (tertiary alicyclic amines) is 1. The molecule has 1 aliphatic heterocycles. The van der Waals surface area contributed by atoms with Crippen molar-refractivity contribution in [1.82, 2.24) is 14.7 Å². The minimum atomic E-state index is 0.735. The van der Waals surface area contributed by atoms with Crippen molar-refractivity contribution in [1.29, 1.82) is 0 Å². The van der Waals surface area contributed by atoms with Crippen molar-refractivity contribution in [2.75, 3.05) is 37.2 Å². The lowest BCUT2D eigenvalue weighted by Gasteiger charge is -2.31. The molecule has 0 spiro atoms. The van der Waals surface area contributed by atoms with Crippen molar-refractivity contribution in [2.24, 2.45) is 13.0 Å². The van der Waals surface area contributed by atoms with Crippen LogP contribution in [0.1, 0.15) is 19.8 Å². The summed E-state index contributed by atoms with van der Waals surface area (Å²) in [6, 6.07) is 0. The first kappa shape index (κ1) is 12.2. The number of piperidine rings is 1. The van der Waals surface area contributed by atoms with Crippen molar-refractivity contribution in [3.8, 4) is 0 Å². The van der Waals surface area contributed by atoms with Crippen LogP contribution in [0.5, 0.6) is 0 Å². The van der Waals surface area contributed by atoms with E-state index < -0.39 is 0 Å². The van der Waals surface area contributed by atoms with Gasteiger partial charge in [0.2, 0.25) is 0 Å². The Morgan fingerprint density at radius 3 is 2.71 bits per heavy atom.